The topological polar surface area (TPSA) is 75.1 Å². The fraction of sp³-hybridized carbons (Fsp3) is 0.667. The summed E-state index contributed by atoms with van der Waals surface area (Å²) < 4.78 is 22.8. The Labute approximate surface area is 104 Å². The minimum atomic E-state index is -1.58. The molecular weight excluding hydrogens is 239 g/mol. The van der Waals surface area contributed by atoms with E-state index in [1.54, 1.807) is 0 Å². The van der Waals surface area contributed by atoms with E-state index in [1.165, 1.54) is 17.7 Å². The molecule has 1 heterocycles. The minimum Gasteiger partial charge on any atom is -0.389 e. The van der Waals surface area contributed by atoms with Crippen LogP contribution in [0.5, 0.6) is 0 Å². The number of nitrogens with one attached hydrogen (secondary N) is 1. The van der Waals surface area contributed by atoms with Gasteiger partial charge in [-0.05, 0) is 19.3 Å². The Bertz CT molecular complexity index is 643. The van der Waals surface area contributed by atoms with Crippen LogP contribution in [-0.2, 0) is 0 Å². The average Bonchev–Trinajstić information content (AvgIpc) is 3.05. The van der Waals surface area contributed by atoms with Crippen molar-refractivity contribution in [3.05, 3.63) is 32.6 Å². The van der Waals surface area contributed by atoms with Gasteiger partial charge in [0.2, 0.25) is 0 Å². The number of aromatic amines is 1. The first-order valence-electron chi connectivity index (χ1n) is 6.56. The van der Waals surface area contributed by atoms with Gasteiger partial charge in [-0.1, -0.05) is 6.90 Å². The minimum absolute atomic E-state index is 0.0488. The van der Waals surface area contributed by atoms with E-state index < -0.39 is 35.0 Å². The highest BCUT2D eigenvalue weighted by molar-refractivity contribution is 5.19. The summed E-state index contributed by atoms with van der Waals surface area (Å²) in [6.07, 6.45) is -0.900. The maximum atomic E-state index is 14.2. The van der Waals surface area contributed by atoms with Crippen LogP contribution in [0.15, 0.2) is 15.8 Å². The maximum Gasteiger partial charge on any atom is 0.328 e. The van der Waals surface area contributed by atoms with Crippen LogP contribution in [0.25, 0.3) is 0 Å². The second-order valence-corrected chi connectivity index (χ2v) is 5.40. The normalized spacial score (nSPS) is 42.5. The monoisotopic (exact) mass is 255 g/mol. The lowest BCUT2D eigenvalue weighted by molar-refractivity contribution is 0.0356. The highest BCUT2D eigenvalue weighted by Crippen LogP contribution is 2.67. The molecule has 0 aromatic carbocycles. The number of nitrogens with zero attached hydrogens (tertiary/aromatic N) is 1. The third kappa shape index (κ3) is 1.29. The number of fused-ring (bicyclic) bond motifs is 1. The molecule has 2 aliphatic rings. The summed E-state index contributed by atoms with van der Waals surface area (Å²) in [6.45, 7) is 1.49. The Kier molecular flexibility index (Phi) is 1.93. The van der Waals surface area contributed by atoms with Gasteiger partial charge in [-0.25, -0.2) is 9.18 Å². The summed E-state index contributed by atoms with van der Waals surface area (Å²) in [5.41, 5.74) is -1.54. The Hall–Kier alpha value is -1.43. The van der Waals surface area contributed by atoms with Crippen LogP contribution in [-0.4, -0.2) is 26.9 Å². The number of H-pyrrole nitrogens is 1. The van der Waals surface area contributed by atoms with Gasteiger partial charge in [0.25, 0.3) is 5.56 Å². The molecule has 0 bridgehead atoms. The van der Waals surface area contributed by atoms with Crippen molar-refractivity contribution >= 4 is 0 Å². The second-order valence-electron chi connectivity index (χ2n) is 5.40. The average molecular weight is 255 g/mol. The van der Waals surface area contributed by atoms with E-state index in [-0.39, 0.29) is 12.8 Å². The van der Waals surface area contributed by atoms with Gasteiger partial charge in [-0.2, -0.15) is 0 Å². The molecular formula is C12H15FN2O3. The van der Waals surface area contributed by atoms with Crippen molar-refractivity contribution < 1.29 is 10.9 Å². The van der Waals surface area contributed by atoms with E-state index in [0.717, 1.165) is 0 Å². The van der Waals surface area contributed by atoms with Gasteiger partial charge in [0, 0.05) is 18.5 Å². The fourth-order valence-electron chi connectivity index (χ4n) is 3.03. The number of aliphatic hydroxyl groups excluding tert-OH is 1. The second kappa shape index (κ2) is 3.32. The van der Waals surface area contributed by atoms with Gasteiger partial charge in [0.1, 0.15) is 6.17 Å². The summed E-state index contributed by atoms with van der Waals surface area (Å²) in [7, 11) is 0. The predicted molar refractivity (Wildman–Crippen MR) is 62.2 cm³/mol. The van der Waals surface area contributed by atoms with Gasteiger partial charge in [-0.15, -0.1) is 0 Å². The number of aromatic nitrogens is 2. The first-order valence-corrected chi connectivity index (χ1v) is 5.86. The molecule has 2 fully saturated rings. The van der Waals surface area contributed by atoms with Crippen molar-refractivity contribution in [2.45, 2.75) is 38.6 Å². The SMILES string of the molecule is [2H]C[C@@]12C[C@@H]1[C@@H](n1cc(C)c(=O)[nH]c1=O)[C@H](F)[C@@H]2O. The van der Waals surface area contributed by atoms with Crippen molar-refractivity contribution in [2.75, 3.05) is 0 Å². The first-order chi connectivity index (χ1) is 8.92. The van der Waals surface area contributed by atoms with E-state index >= 15 is 0 Å². The molecule has 0 aliphatic heterocycles. The van der Waals surface area contributed by atoms with Gasteiger partial charge in [-0.3, -0.25) is 14.3 Å². The fourth-order valence-corrected chi connectivity index (χ4v) is 3.03. The number of hydrogen-bond donors (Lipinski definition) is 2. The molecule has 2 N–H and O–H groups in total. The molecule has 1 aromatic rings. The van der Waals surface area contributed by atoms with Crippen LogP contribution >= 0.6 is 0 Å². The zero-order valence-electron chi connectivity index (χ0n) is 10.9. The molecule has 5 nitrogen and oxygen atoms in total. The molecule has 0 saturated heterocycles. The molecule has 0 radical (unpaired) electrons. The van der Waals surface area contributed by atoms with E-state index in [9.17, 15) is 19.1 Å². The van der Waals surface area contributed by atoms with Crippen molar-refractivity contribution in [3.63, 3.8) is 0 Å². The quantitative estimate of drug-likeness (QED) is 0.748. The number of alkyl halides is 1. The van der Waals surface area contributed by atoms with Crippen LogP contribution < -0.4 is 11.2 Å². The Balaban J connectivity index is 2.07. The zero-order chi connectivity index (χ0) is 13.9. The van der Waals surface area contributed by atoms with E-state index in [1.807, 2.05) is 0 Å². The lowest BCUT2D eigenvalue weighted by Gasteiger charge is -2.21. The van der Waals surface area contributed by atoms with Crippen molar-refractivity contribution in [3.8, 4) is 0 Å². The highest BCUT2D eigenvalue weighted by Gasteiger charge is 2.69. The van der Waals surface area contributed by atoms with Crippen LogP contribution in [0.4, 0.5) is 4.39 Å². The molecule has 5 atom stereocenters. The molecule has 18 heavy (non-hydrogen) atoms. The van der Waals surface area contributed by atoms with Crippen LogP contribution in [0.2, 0.25) is 0 Å². The molecule has 0 spiro atoms. The van der Waals surface area contributed by atoms with Gasteiger partial charge < -0.3 is 5.11 Å². The highest BCUT2D eigenvalue weighted by atomic mass is 19.1. The maximum absolute atomic E-state index is 14.2. The van der Waals surface area contributed by atoms with Crippen molar-refractivity contribution in [2.24, 2.45) is 11.3 Å². The molecule has 1 aromatic heterocycles. The summed E-state index contributed by atoms with van der Waals surface area (Å²) in [4.78, 5) is 25.3. The van der Waals surface area contributed by atoms with Gasteiger partial charge in [0.05, 0.1) is 12.1 Å². The number of hydrogen-bond acceptors (Lipinski definition) is 3. The molecule has 0 amide bonds. The molecule has 6 heteroatoms. The zero-order valence-corrected chi connectivity index (χ0v) is 9.89. The largest absolute Gasteiger partial charge is 0.389 e. The Morgan fingerprint density at radius 1 is 1.67 bits per heavy atom. The van der Waals surface area contributed by atoms with Gasteiger partial charge in [0.15, 0.2) is 0 Å². The van der Waals surface area contributed by atoms with Crippen molar-refractivity contribution in [1.29, 1.82) is 0 Å². The predicted octanol–water partition coefficient (Wildman–Crippen LogP) is 0.125. The first kappa shape index (κ1) is 10.5. The van der Waals surface area contributed by atoms with Crippen LogP contribution in [0, 0.1) is 18.3 Å². The third-order valence-electron chi connectivity index (χ3n) is 4.27. The molecule has 2 aliphatic carbocycles. The lowest BCUT2D eigenvalue weighted by Crippen LogP contribution is -2.38. The standard InChI is InChI=1S/C12H15FN2O3/c1-5-4-15(11(18)14-10(5)17)8-6-3-12(6,2)9(16)7(8)13/h4,6-9,16H,3H2,1-2H3,(H,14,17,18)/t6-,7+,8-,9+,12-/m1/s1/i2D. The van der Waals surface area contributed by atoms with E-state index in [4.69, 9.17) is 1.37 Å². The number of rotatable bonds is 1. The summed E-state index contributed by atoms with van der Waals surface area (Å²) >= 11 is 0. The smallest absolute Gasteiger partial charge is 0.328 e. The van der Waals surface area contributed by atoms with Crippen LogP contribution in [0.3, 0.4) is 0 Å². The van der Waals surface area contributed by atoms with Crippen molar-refractivity contribution in [1.82, 2.24) is 9.55 Å². The molecule has 98 valence electrons. The molecule has 2 saturated carbocycles. The Morgan fingerprint density at radius 3 is 3.00 bits per heavy atom. The lowest BCUT2D eigenvalue weighted by atomic mass is 10.0. The number of aliphatic hydroxyl groups is 1. The summed E-state index contributed by atoms with van der Waals surface area (Å²) in [5, 5.41) is 9.92. The summed E-state index contributed by atoms with van der Waals surface area (Å²) in [5.74, 6) is -0.210. The van der Waals surface area contributed by atoms with Gasteiger partial charge >= 0.3 is 5.69 Å². The molecule has 3 rings (SSSR count). The molecule has 0 unspecified atom stereocenters. The number of aryl methyl sites for hydroxylation is 1. The van der Waals surface area contributed by atoms with E-state index in [2.05, 4.69) is 4.98 Å². The van der Waals surface area contributed by atoms with Crippen LogP contribution in [0.1, 0.15) is 26.3 Å². The Morgan fingerprint density at radius 2 is 2.39 bits per heavy atom. The summed E-state index contributed by atoms with van der Waals surface area (Å²) in [6, 6.07) is -0.789. The third-order valence-corrected chi connectivity index (χ3v) is 4.27. The van der Waals surface area contributed by atoms with E-state index in [0.29, 0.717) is 12.0 Å². The number of halogens is 1.